The van der Waals surface area contributed by atoms with Gasteiger partial charge in [0.05, 0.1) is 5.75 Å². The molecule has 1 fully saturated rings. The zero-order chi connectivity index (χ0) is 22.6. The number of aromatic hydroxyl groups is 1. The zero-order valence-corrected chi connectivity index (χ0v) is 19.1. The minimum absolute atomic E-state index is 0.0493. The van der Waals surface area contributed by atoms with Crippen molar-refractivity contribution in [3.63, 3.8) is 0 Å². The van der Waals surface area contributed by atoms with Crippen LogP contribution in [0.5, 0.6) is 17.2 Å². The summed E-state index contributed by atoms with van der Waals surface area (Å²) < 4.78 is 31.4. The van der Waals surface area contributed by atoms with Crippen LogP contribution in [0.15, 0.2) is 36.4 Å². The van der Waals surface area contributed by atoms with Gasteiger partial charge < -0.3 is 14.7 Å². The van der Waals surface area contributed by atoms with E-state index in [1.54, 1.807) is 36.1 Å². The SMILES string of the molecule is CCS(=O)(=O)N1CCN(C(=O)CCc2cc(C)c(Oc3ccc(O)cc3)c(C)c2)CC1. The molecule has 1 N–H and O–H groups in total. The highest BCUT2D eigenvalue weighted by atomic mass is 32.2. The summed E-state index contributed by atoms with van der Waals surface area (Å²) in [5, 5.41) is 9.41. The number of nitrogens with zero attached hydrogens (tertiary/aromatic N) is 2. The number of hydrogen-bond acceptors (Lipinski definition) is 5. The number of carbonyl (C=O) groups excluding carboxylic acids is 1. The number of rotatable bonds is 7. The lowest BCUT2D eigenvalue weighted by atomic mass is 10.0. The average molecular weight is 447 g/mol. The van der Waals surface area contributed by atoms with Gasteiger partial charge >= 0.3 is 0 Å². The molecule has 1 aliphatic rings. The molecule has 0 atom stereocenters. The van der Waals surface area contributed by atoms with Gasteiger partial charge in [0.25, 0.3) is 0 Å². The van der Waals surface area contributed by atoms with Gasteiger partial charge in [0.1, 0.15) is 17.2 Å². The Morgan fingerprint density at radius 3 is 2.16 bits per heavy atom. The molecule has 0 spiro atoms. The summed E-state index contributed by atoms with van der Waals surface area (Å²) in [6.45, 7) is 7.19. The number of aryl methyl sites for hydroxylation is 3. The highest BCUT2D eigenvalue weighted by molar-refractivity contribution is 7.89. The van der Waals surface area contributed by atoms with E-state index in [0.29, 0.717) is 44.8 Å². The number of ether oxygens (including phenoxy) is 1. The van der Waals surface area contributed by atoms with Crippen molar-refractivity contribution < 1.29 is 23.1 Å². The normalized spacial score (nSPS) is 15.1. The third-order valence-electron chi connectivity index (χ3n) is 5.55. The summed E-state index contributed by atoms with van der Waals surface area (Å²) in [6, 6.07) is 10.6. The third-order valence-corrected chi connectivity index (χ3v) is 7.44. The highest BCUT2D eigenvalue weighted by Gasteiger charge is 2.27. The fourth-order valence-electron chi connectivity index (χ4n) is 3.78. The van der Waals surface area contributed by atoms with Crippen LogP contribution >= 0.6 is 0 Å². The second kappa shape index (κ2) is 9.70. The van der Waals surface area contributed by atoms with Gasteiger partial charge in [-0.15, -0.1) is 0 Å². The van der Waals surface area contributed by atoms with Gasteiger partial charge in [-0.2, -0.15) is 4.31 Å². The van der Waals surface area contributed by atoms with E-state index in [0.717, 1.165) is 22.4 Å². The number of amides is 1. The average Bonchev–Trinajstić information content (AvgIpc) is 2.76. The van der Waals surface area contributed by atoms with Crippen LogP contribution in [0.1, 0.15) is 30.0 Å². The predicted octanol–water partition coefficient (Wildman–Crippen LogP) is 3.23. The first-order valence-electron chi connectivity index (χ1n) is 10.5. The molecule has 0 unspecified atom stereocenters. The van der Waals surface area contributed by atoms with Crippen LogP contribution in [-0.2, 0) is 21.2 Å². The smallest absolute Gasteiger partial charge is 0.222 e. The monoisotopic (exact) mass is 446 g/mol. The fraction of sp³-hybridized carbons (Fsp3) is 0.435. The van der Waals surface area contributed by atoms with Gasteiger partial charge in [0.15, 0.2) is 0 Å². The molecule has 2 aromatic rings. The molecule has 0 radical (unpaired) electrons. The van der Waals surface area contributed by atoms with E-state index in [2.05, 4.69) is 0 Å². The van der Waals surface area contributed by atoms with Crippen LogP contribution < -0.4 is 4.74 Å². The number of hydrogen-bond donors (Lipinski definition) is 1. The van der Waals surface area contributed by atoms with Gasteiger partial charge in [-0.25, -0.2) is 8.42 Å². The molecule has 0 saturated carbocycles. The number of benzene rings is 2. The van der Waals surface area contributed by atoms with Crippen molar-refractivity contribution in [3.05, 3.63) is 53.1 Å². The molecule has 7 nitrogen and oxygen atoms in total. The van der Waals surface area contributed by atoms with Crippen LogP contribution in [0.4, 0.5) is 0 Å². The largest absolute Gasteiger partial charge is 0.508 e. The number of carbonyl (C=O) groups is 1. The Morgan fingerprint density at radius 2 is 1.61 bits per heavy atom. The fourth-order valence-corrected chi connectivity index (χ4v) is 4.87. The summed E-state index contributed by atoms with van der Waals surface area (Å²) in [5.41, 5.74) is 3.02. The van der Waals surface area contributed by atoms with Crippen LogP contribution in [0.2, 0.25) is 0 Å². The molecule has 3 rings (SSSR count). The number of sulfonamides is 1. The molecule has 2 aromatic carbocycles. The van der Waals surface area contributed by atoms with Crippen LogP contribution in [0, 0.1) is 13.8 Å². The van der Waals surface area contributed by atoms with E-state index < -0.39 is 10.0 Å². The molecule has 0 bridgehead atoms. The van der Waals surface area contributed by atoms with Gasteiger partial charge in [-0.1, -0.05) is 12.1 Å². The lowest BCUT2D eigenvalue weighted by Crippen LogP contribution is -2.50. The van der Waals surface area contributed by atoms with Crippen LogP contribution in [0.3, 0.4) is 0 Å². The third kappa shape index (κ3) is 5.77. The second-order valence-corrected chi connectivity index (χ2v) is 10.1. The van der Waals surface area contributed by atoms with E-state index in [1.807, 2.05) is 26.0 Å². The predicted molar refractivity (Wildman–Crippen MR) is 120 cm³/mol. The lowest BCUT2D eigenvalue weighted by Gasteiger charge is -2.33. The first-order valence-corrected chi connectivity index (χ1v) is 12.1. The number of piperazine rings is 1. The Morgan fingerprint density at radius 1 is 1.03 bits per heavy atom. The minimum Gasteiger partial charge on any atom is -0.508 e. The molecular weight excluding hydrogens is 416 g/mol. The number of phenolic OH excluding ortho intramolecular Hbond substituents is 1. The molecule has 0 aliphatic carbocycles. The van der Waals surface area contributed by atoms with Crippen molar-refractivity contribution in [1.29, 1.82) is 0 Å². The summed E-state index contributed by atoms with van der Waals surface area (Å²) in [6.07, 6.45) is 1.01. The van der Waals surface area contributed by atoms with E-state index in [1.165, 1.54) is 4.31 Å². The molecule has 0 aromatic heterocycles. The number of phenols is 1. The molecule has 1 aliphatic heterocycles. The summed E-state index contributed by atoms with van der Waals surface area (Å²) in [5.74, 6) is 1.75. The van der Waals surface area contributed by atoms with Crippen LogP contribution in [0.25, 0.3) is 0 Å². The van der Waals surface area contributed by atoms with Crippen molar-refractivity contribution in [2.75, 3.05) is 31.9 Å². The topological polar surface area (TPSA) is 87.2 Å². The van der Waals surface area contributed by atoms with Crippen molar-refractivity contribution in [1.82, 2.24) is 9.21 Å². The molecule has 1 saturated heterocycles. The molecule has 168 valence electrons. The lowest BCUT2D eigenvalue weighted by molar-refractivity contribution is -0.132. The summed E-state index contributed by atoms with van der Waals surface area (Å²) in [4.78, 5) is 14.4. The van der Waals surface area contributed by atoms with Crippen molar-refractivity contribution >= 4 is 15.9 Å². The van der Waals surface area contributed by atoms with E-state index >= 15 is 0 Å². The molecule has 8 heteroatoms. The summed E-state index contributed by atoms with van der Waals surface area (Å²) in [7, 11) is -3.19. The zero-order valence-electron chi connectivity index (χ0n) is 18.3. The highest BCUT2D eigenvalue weighted by Crippen LogP contribution is 2.31. The second-order valence-electron chi connectivity index (χ2n) is 7.84. The summed E-state index contributed by atoms with van der Waals surface area (Å²) >= 11 is 0. The first-order chi connectivity index (χ1) is 14.7. The van der Waals surface area contributed by atoms with Crippen molar-refractivity contribution in [2.24, 2.45) is 0 Å². The maximum atomic E-state index is 12.6. The Labute approximate surface area is 184 Å². The molecule has 31 heavy (non-hydrogen) atoms. The van der Waals surface area contributed by atoms with E-state index in [4.69, 9.17) is 4.74 Å². The quantitative estimate of drug-likeness (QED) is 0.706. The molecular formula is C23H30N2O5S. The maximum absolute atomic E-state index is 12.6. The van der Waals surface area contributed by atoms with Crippen molar-refractivity contribution in [2.45, 2.75) is 33.6 Å². The van der Waals surface area contributed by atoms with E-state index in [-0.39, 0.29) is 17.4 Å². The Balaban J connectivity index is 1.57. The first kappa shape index (κ1) is 23.1. The Hall–Kier alpha value is -2.58. The standard InChI is InChI=1S/C23H30N2O5S/c1-4-31(28,29)25-13-11-24(12-14-25)22(27)10-5-19-15-17(2)23(18(3)16-19)30-21-8-6-20(26)7-9-21/h6-9,15-16,26H,4-5,10-14H2,1-3H3. The van der Waals surface area contributed by atoms with Gasteiger partial charge in [0.2, 0.25) is 15.9 Å². The van der Waals surface area contributed by atoms with Gasteiger partial charge in [-0.05, 0) is 68.1 Å². The Kier molecular flexibility index (Phi) is 7.23. The van der Waals surface area contributed by atoms with Crippen molar-refractivity contribution in [3.8, 4) is 17.2 Å². The van der Waals surface area contributed by atoms with Gasteiger partial charge in [0, 0.05) is 32.6 Å². The van der Waals surface area contributed by atoms with Gasteiger partial charge in [-0.3, -0.25) is 4.79 Å². The molecule has 1 heterocycles. The van der Waals surface area contributed by atoms with Crippen LogP contribution in [-0.4, -0.2) is 60.6 Å². The Bertz CT molecular complexity index is 1000. The maximum Gasteiger partial charge on any atom is 0.222 e. The molecule has 1 amide bonds. The minimum atomic E-state index is -3.19. The van der Waals surface area contributed by atoms with E-state index in [9.17, 15) is 18.3 Å².